The van der Waals surface area contributed by atoms with Crippen molar-refractivity contribution in [3.63, 3.8) is 0 Å². The molecule has 0 amide bonds. The molecule has 0 atom stereocenters. The fourth-order valence-electron chi connectivity index (χ4n) is 1.82. The third kappa shape index (κ3) is 4.72. The summed E-state index contributed by atoms with van der Waals surface area (Å²) >= 11 is 0. The highest BCUT2D eigenvalue weighted by Gasteiger charge is 2.03. The summed E-state index contributed by atoms with van der Waals surface area (Å²) < 4.78 is 0. The van der Waals surface area contributed by atoms with Crippen molar-refractivity contribution in [3.05, 3.63) is 69.8 Å². The Kier molecular flexibility index (Phi) is 5.04. The van der Waals surface area contributed by atoms with Crippen LogP contribution in [-0.2, 0) is 0 Å². The fourth-order valence-corrected chi connectivity index (χ4v) is 1.82. The number of hydrogen-bond donors (Lipinski definition) is 1. The lowest BCUT2D eigenvalue weighted by Crippen LogP contribution is -2.04. The van der Waals surface area contributed by atoms with Gasteiger partial charge in [-0.15, -0.1) is 0 Å². The van der Waals surface area contributed by atoms with E-state index in [0.29, 0.717) is 13.1 Å². The second-order valence-corrected chi connectivity index (χ2v) is 4.68. The molecule has 0 aromatic heterocycles. The van der Waals surface area contributed by atoms with Crippen molar-refractivity contribution < 1.29 is 4.92 Å². The molecule has 2 rings (SSSR count). The second kappa shape index (κ2) is 7.19. The Morgan fingerprint density at radius 2 is 2.00 bits per heavy atom. The first-order valence-electron chi connectivity index (χ1n) is 6.70. The molecule has 0 radical (unpaired) electrons. The number of aliphatic imine (C=N–C) groups is 1. The molecular weight excluding hydrogens is 266 g/mol. The molecule has 21 heavy (non-hydrogen) atoms. The first kappa shape index (κ1) is 14.7. The van der Waals surface area contributed by atoms with Gasteiger partial charge in [0.25, 0.3) is 5.69 Å². The van der Waals surface area contributed by atoms with Crippen molar-refractivity contribution in [2.24, 2.45) is 4.99 Å². The highest BCUT2D eigenvalue weighted by atomic mass is 16.6. The highest BCUT2D eigenvalue weighted by Crippen LogP contribution is 2.11. The second-order valence-electron chi connectivity index (χ2n) is 4.68. The normalized spacial score (nSPS) is 10.7. The Morgan fingerprint density at radius 1 is 1.24 bits per heavy atom. The van der Waals surface area contributed by atoms with Crippen LogP contribution >= 0.6 is 0 Å². The summed E-state index contributed by atoms with van der Waals surface area (Å²) in [5.41, 5.74) is 3.10. The van der Waals surface area contributed by atoms with E-state index in [9.17, 15) is 10.1 Å². The van der Waals surface area contributed by atoms with Gasteiger partial charge >= 0.3 is 0 Å². The van der Waals surface area contributed by atoms with Crippen LogP contribution in [0.5, 0.6) is 0 Å². The highest BCUT2D eigenvalue weighted by molar-refractivity contribution is 5.80. The van der Waals surface area contributed by atoms with Crippen molar-refractivity contribution in [1.29, 1.82) is 0 Å². The van der Waals surface area contributed by atoms with Crippen LogP contribution in [0.15, 0.2) is 53.5 Å². The predicted octanol–water partition coefficient (Wildman–Crippen LogP) is 3.43. The number of hydrogen-bond acceptors (Lipinski definition) is 4. The summed E-state index contributed by atoms with van der Waals surface area (Å²) in [7, 11) is 0. The van der Waals surface area contributed by atoms with Gasteiger partial charge in [-0.3, -0.25) is 15.1 Å². The Labute approximate surface area is 123 Å². The lowest BCUT2D eigenvalue weighted by Gasteiger charge is -2.04. The molecule has 0 aliphatic rings. The van der Waals surface area contributed by atoms with Crippen molar-refractivity contribution >= 4 is 17.6 Å². The van der Waals surface area contributed by atoms with Crippen LogP contribution in [0.25, 0.3) is 0 Å². The van der Waals surface area contributed by atoms with Crippen LogP contribution in [0.4, 0.5) is 11.4 Å². The van der Waals surface area contributed by atoms with Gasteiger partial charge in [0, 0.05) is 30.6 Å². The van der Waals surface area contributed by atoms with Crippen LogP contribution in [-0.4, -0.2) is 24.2 Å². The maximum absolute atomic E-state index is 10.7. The van der Waals surface area contributed by atoms with Crippen molar-refractivity contribution in [1.82, 2.24) is 0 Å². The van der Waals surface area contributed by atoms with Crippen LogP contribution < -0.4 is 5.32 Å². The number of nitrogens with zero attached hydrogens (tertiary/aromatic N) is 2. The predicted molar refractivity (Wildman–Crippen MR) is 85.2 cm³/mol. The molecule has 0 aliphatic carbocycles. The van der Waals surface area contributed by atoms with Crippen molar-refractivity contribution in [2.75, 3.05) is 18.4 Å². The van der Waals surface area contributed by atoms with Gasteiger partial charge in [0.05, 0.1) is 11.5 Å². The molecule has 108 valence electrons. The zero-order valence-electron chi connectivity index (χ0n) is 11.8. The summed E-state index contributed by atoms with van der Waals surface area (Å²) in [4.78, 5) is 14.5. The van der Waals surface area contributed by atoms with Crippen molar-refractivity contribution in [3.8, 4) is 0 Å². The largest absolute Gasteiger partial charge is 0.383 e. The molecule has 0 saturated carbocycles. The van der Waals surface area contributed by atoms with Gasteiger partial charge in [-0.25, -0.2) is 0 Å². The Bertz CT molecular complexity index is 636. The van der Waals surface area contributed by atoms with Crippen LogP contribution in [0.3, 0.4) is 0 Å². The molecule has 0 aliphatic heterocycles. The average Bonchev–Trinajstić information content (AvgIpc) is 2.49. The molecule has 1 N–H and O–H groups in total. The third-order valence-corrected chi connectivity index (χ3v) is 2.94. The van der Waals surface area contributed by atoms with Crippen LogP contribution in [0, 0.1) is 17.0 Å². The number of nitro groups is 1. The Morgan fingerprint density at radius 3 is 2.71 bits per heavy atom. The molecule has 0 bridgehead atoms. The molecule has 0 spiro atoms. The molecule has 0 saturated heterocycles. The zero-order valence-corrected chi connectivity index (χ0v) is 11.8. The smallest absolute Gasteiger partial charge is 0.270 e. The molecule has 0 unspecified atom stereocenters. The SMILES string of the molecule is Cc1ccc(NCCN=Cc2cccc([N+](=O)[O-])c2)cc1. The number of nitro benzene ring substituents is 1. The van der Waals surface area contributed by atoms with E-state index in [1.54, 1.807) is 18.3 Å². The topological polar surface area (TPSA) is 67.5 Å². The quantitative estimate of drug-likeness (QED) is 0.382. The zero-order chi connectivity index (χ0) is 15.1. The number of non-ortho nitro benzene ring substituents is 1. The van der Waals surface area contributed by atoms with Gasteiger partial charge in [-0.1, -0.05) is 29.8 Å². The minimum absolute atomic E-state index is 0.0803. The van der Waals surface area contributed by atoms with E-state index in [4.69, 9.17) is 0 Å². The molecule has 5 heteroatoms. The molecule has 5 nitrogen and oxygen atoms in total. The first-order chi connectivity index (χ1) is 10.1. The van der Waals surface area contributed by atoms with Gasteiger partial charge in [0.1, 0.15) is 0 Å². The minimum atomic E-state index is -0.406. The third-order valence-electron chi connectivity index (χ3n) is 2.94. The van der Waals surface area contributed by atoms with Crippen molar-refractivity contribution in [2.45, 2.75) is 6.92 Å². The lowest BCUT2D eigenvalue weighted by atomic mass is 10.2. The van der Waals surface area contributed by atoms with Crippen LogP contribution in [0.1, 0.15) is 11.1 Å². The number of aryl methyl sites for hydroxylation is 1. The molecule has 0 heterocycles. The van der Waals surface area contributed by atoms with Crippen LogP contribution in [0.2, 0.25) is 0 Å². The Balaban J connectivity index is 1.81. The standard InChI is InChI=1S/C16H17N3O2/c1-13-5-7-15(8-6-13)18-10-9-17-12-14-3-2-4-16(11-14)19(20)21/h2-8,11-12,18H,9-10H2,1H3. The summed E-state index contributed by atoms with van der Waals surface area (Å²) in [5, 5.41) is 13.9. The number of anilines is 1. The van der Waals surface area contributed by atoms with E-state index >= 15 is 0 Å². The van der Waals surface area contributed by atoms with E-state index < -0.39 is 4.92 Å². The van der Waals surface area contributed by atoms with Gasteiger partial charge in [-0.2, -0.15) is 0 Å². The summed E-state index contributed by atoms with van der Waals surface area (Å²) in [6, 6.07) is 14.6. The Hall–Kier alpha value is -2.69. The van der Waals surface area contributed by atoms with Gasteiger partial charge in [-0.05, 0) is 24.6 Å². The maximum Gasteiger partial charge on any atom is 0.270 e. The minimum Gasteiger partial charge on any atom is -0.383 e. The maximum atomic E-state index is 10.7. The molecule has 2 aromatic carbocycles. The first-order valence-corrected chi connectivity index (χ1v) is 6.70. The number of nitrogens with one attached hydrogen (secondary N) is 1. The lowest BCUT2D eigenvalue weighted by molar-refractivity contribution is -0.384. The summed E-state index contributed by atoms with van der Waals surface area (Å²) in [6.45, 7) is 3.37. The van der Waals surface area contributed by atoms with E-state index in [1.165, 1.54) is 17.7 Å². The van der Waals surface area contributed by atoms with E-state index in [2.05, 4.69) is 22.4 Å². The number of benzene rings is 2. The summed E-state index contributed by atoms with van der Waals surface area (Å²) in [5.74, 6) is 0. The van der Waals surface area contributed by atoms with Gasteiger partial charge in [0.15, 0.2) is 0 Å². The van der Waals surface area contributed by atoms with Gasteiger partial charge < -0.3 is 5.32 Å². The van der Waals surface area contributed by atoms with Gasteiger partial charge in [0.2, 0.25) is 0 Å². The summed E-state index contributed by atoms with van der Waals surface area (Å²) in [6.07, 6.45) is 1.66. The van der Waals surface area contributed by atoms with E-state index in [0.717, 1.165) is 11.3 Å². The molecule has 2 aromatic rings. The van der Waals surface area contributed by atoms with E-state index in [-0.39, 0.29) is 5.69 Å². The molecular formula is C16H17N3O2. The average molecular weight is 283 g/mol. The fraction of sp³-hybridized carbons (Fsp3) is 0.188. The van der Waals surface area contributed by atoms with E-state index in [1.807, 2.05) is 19.1 Å². The monoisotopic (exact) mass is 283 g/mol. The molecule has 0 fully saturated rings. The number of rotatable bonds is 6.